The van der Waals surface area contributed by atoms with Gasteiger partial charge in [-0.2, -0.15) is 0 Å². The van der Waals surface area contributed by atoms with Crippen LogP contribution in [0.3, 0.4) is 0 Å². The van der Waals surface area contributed by atoms with Crippen LogP contribution in [0.25, 0.3) is 0 Å². The molecular formula is C21H33NO2. The number of hydrogen-bond donors (Lipinski definition) is 0. The Bertz CT molecular complexity index is 500. The smallest absolute Gasteiger partial charge is 0.158 e. The van der Waals surface area contributed by atoms with Gasteiger partial charge in [0.2, 0.25) is 0 Å². The fourth-order valence-corrected chi connectivity index (χ4v) is 3.64. The molecule has 0 N–H and O–H groups in total. The normalized spacial score (nSPS) is 26.0. The van der Waals surface area contributed by atoms with E-state index in [1.807, 2.05) is 0 Å². The number of piperidine rings is 1. The predicted octanol–water partition coefficient (Wildman–Crippen LogP) is 4.14. The quantitative estimate of drug-likeness (QED) is 0.809. The first-order chi connectivity index (χ1) is 11.5. The van der Waals surface area contributed by atoms with Crippen LogP contribution in [0, 0.1) is 0 Å². The molecule has 2 fully saturated rings. The molecule has 0 radical (unpaired) electrons. The van der Waals surface area contributed by atoms with Crippen molar-refractivity contribution in [2.45, 2.75) is 70.7 Å². The molecule has 1 aromatic carbocycles. The van der Waals surface area contributed by atoms with Crippen LogP contribution in [0.15, 0.2) is 24.3 Å². The Morgan fingerprint density at radius 3 is 2.42 bits per heavy atom. The predicted molar refractivity (Wildman–Crippen MR) is 98.4 cm³/mol. The lowest BCUT2D eigenvalue weighted by Crippen LogP contribution is -2.37. The van der Waals surface area contributed by atoms with Gasteiger partial charge in [0, 0.05) is 13.0 Å². The molecule has 2 aliphatic heterocycles. The number of benzene rings is 1. The van der Waals surface area contributed by atoms with Crippen LogP contribution >= 0.6 is 0 Å². The van der Waals surface area contributed by atoms with Gasteiger partial charge in [-0.05, 0) is 48.9 Å². The molecule has 24 heavy (non-hydrogen) atoms. The Morgan fingerprint density at radius 1 is 1.04 bits per heavy atom. The van der Waals surface area contributed by atoms with E-state index < -0.39 is 0 Å². The van der Waals surface area contributed by atoms with E-state index >= 15 is 0 Å². The summed E-state index contributed by atoms with van der Waals surface area (Å²) in [6, 6.07) is 9.01. The zero-order chi connectivity index (χ0) is 17.0. The maximum Gasteiger partial charge on any atom is 0.158 e. The summed E-state index contributed by atoms with van der Waals surface area (Å²) in [5.41, 5.74) is 2.98. The minimum absolute atomic E-state index is 0.0258. The summed E-state index contributed by atoms with van der Waals surface area (Å²) < 4.78 is 12.0. The van der Waals surface area contributed by atoms with E-state index in [9.17, 15) is 0 Å². The first kappa shape index (κ1) is 17.9. The third-order valence-electron chi connectivity index (χ3n) is 5.21. The maximum atomic E-state index is 6.10. The minimum atomic E-state index is -0.0258. The molecule has 2 atom stereocenters. The highest BCUT2D eigenvalue weighted by Gasteiger charge is 2.27. The summed E-state index contributed by atoms with van der Waals surface area (Å²) in [5.74, 6) is 0. The molecule has 0 saturated carbocycles. The van der Waals surface area contributed by atoms with Crippen molar-refractivity contribution in [1.82, 2.24) is 4.90 Å². The molecule has 0 spiro atoms. The average molecular weight is 332 g/mol. The highest BCUT2D eigenvalue weighted by molar-refractivity contribution is 5.27. The zero-order valence-corrected chi connectivity index (χ0v) is 15.6. The molecule has 3 rings (SSSR count). The van der Waals surface area contributed by atoms with Crippen LogP contribution in [0.5, 0.6) is 0 Å². The molecule has 3 heteroatoms. The lowest BCUT2D eigenvalue weighted by atomic mass is 9.86. The zero-order valence-electron chi connectivity index (χ0n) is 15.6. The van der Waals surface area contributed by atoms with Gasteiger partial charge in [-0.1, -0.05) is 51.5 Å². The van der Waals surface area contributed by atoms with Crippen LogP contribution in [-0.2, 0) is 21.3 Å². The van der Waals surface area contributed by atoms with Crippen molar-refractivity contribution in [3.8, 4) is 0 Å². The third-order valence-corrected chi connectivity index (χ3v) is 5.21. The van der Waals surface area contributed by atoms with Crippen molar-refractivity contribution < 1.29 is 9.47 Å². The number of hydrogen-bond acceptors (Lipinski definition) is 3. The van der Waals surface area contributed by atoms with Gasteiger partial charge in [0.25, 0.3) is 0 Å². The molecule has 134 valence electrons. The minimum Gasteiger partial charge on any atom is -0.350 e. The molecule has 0 aromatic heterocycles. The van der Waals surface area contributed by atoms with Crippen molar-refractivity contribution in [1.29, 1.82) is 0 Å². The van der Waals surface area contributed by atoms with Crippen molar-refractivity contribution in [2.24, 2.45) is 0 Å². The topological polar surface area (TPSA) is 21.7 Å². The molecule has 0 amide bonds. The van der Waals surface area contributed by atoms with Crippen LogP contribution < -0.4 is 0 Å². The van der Waals surface area contributed by atoms with Gasteiger partial charge in [0.05, 0.1) is 12.7 Å². The van der Waals surface area contributed by atoms with Crippen LogP contribution in [-0.4, -0.2) is 43.5 Å². The number of nitrogens with zero attached hydrogens (tertiary/aromatic N) is 1. The van der Waals surface area contributed by atoms with Gasteiger partial charge in [-0.25, -0.2) is 0 Å². The van der Waals surface area contributed by atoms with Crippen LogP contribution in [0.4, 0.5) is 0 Å². The van der Waals surface area contributed by atoms with Gasteiger partial charge in [0.15, 0.2) is 6.29 Å². The van der Waals surface area contributed by atoms with Gasteiger partial charge in [-0.3, -0.25) is 0 Å². The second-order valence-corrected chi connectivity index (χ2v) is 8.37. The highest BCUT2D eigenvalue weighted by atomic mass is 16.7. The Morgan fingerprint density at radius 2 is 1.75 bits per heavy atom. The van der Waals surface area contributed by atoms with Gasteiger partial charge in [-0.15, -0.1) is 0 Å². The second-order valence-electron chi connectivity index (χ2n) is 8.37. The summed E-state index contributed by atoms with van der Waals surface area (Å²) in [5, 5.41) is 0. The van der Waals surface area contributed by atoms with E-state index in [1.54, 1.807) is 0 Å². The Balaban J connectivity index is 1.41. The molecule has 2 heterocycles. The van der Waals surface area contributed by atoms with Crippen molar-refractivity contribution in [3.05, 3.63) is 35.4 Å². The number of aryl methyl sites for hydroxylation is 1. The molecule has 0 unspecified atom stereocenters. The van der Waals surface area contributed by atoms with E-state index in [4.69, 9.17) is 9.47 Å². The van der Waals surface area contributed by atoms with Crippen LogP contribution in [0.1, 0.15) is 57.6 Å². The lowest BCUT2D eigenvalue weighted by Gasteiger charge is -2.28. The van der Waals surface area contributed by atoms with Crippen molar-refractivity contribution in [2.75, 3.05) is 26.2 Å². The average Bonchev–Trinajstić information content (AvgIpc) is 3.01. The third kappa shape index (κ3) is 5.05. The Labute approximate surface area is 147 Å². The second kappa shape index (κ2) is 7.99. The van der Waals surface area contributed by atoms with Crippen LogP contribution in [0.2, 0.25) is 0 Å². The van der Waals surface area contributed by atoms with Crippen molar-refractivity contribution >= 4 is 0 Å². The highest BCUT2D eigenvalue weighted by Crippen LogP contribution is 2.23. The largest absolute Gasteiger partial charge is 0.350 e. The van der Waals surface area contributed by atoms with E-state index in [-0.39, 0.29) is 17.8 Å². The van der Waals surface area contributed by atoms with Gasteiger partial charge >= 0.3 is 0 Å². The van der Waals surface area contributed by atoms with E-state index in [2.05, 4.69) is 49.9 Å². The van der Waals surface area contributed by atoms with E-state index in [1.165, 1.54) is 43.5 Å². The lowest BCUT2D eigenvalue weighted by molar-refractivity contribution is -0.0660. The summed E-state index contributed by atoms with van der Waals surface area (Å²) in [6.45, 7) is 11.0. The number of rotatable bonds is 5. The maximum absolute atomic E-state index is 6.10. The van der Waals surface area contributed by atoms with E-state index in [0.717, 1.165) is 26.0 Å². The summed E-state index contributed by atoms with van der Waals surface area (Å²) in [6.07, 6.45) is 6.26. The molecule has 1 aromatic rings. The SMILES string of the molecule is CC(C)(C)c1ccc(CC[C@H]2OC[C@H](CN3CCCCC3)O2)cc1. The fourth-order valence-electron chi connectivity index (χ4n) is 3.64. The first-order valence-electron chi connectivity index (χ1n) is 9.59. The molecule has 0 bridgehead atoms. The standard InChI is InChI=1S/C21H33NO2/c1-21(2,3)18-10-7-17(8-11-18)9-12-20-23-16-19(24-20)15-22-13-5-4-6-14-22/h7-8,10-11,19-20H,4-6,9,12-16H2,1-3H3/t19-,20-/m0/s1. The summed E-state index contributed by atoms with van der Waals surface area (Å²) in [4.78, 5) is 2.53. The summed E-state index contributed by atoms with van der Waals surface area (Å²) in [7, 11) is 0. The first-order valence-corrected chi connectivity index (χ1v) is 9.59. The molecule has 0 aliphatic carbocycles. The molecule has 3 nitrogen and oxygen atoms in total. The van der Waals surface area contributed by atoms with Gasteiger partial charge in [0.1, 0.15) is 0 Å². The molecule has 2 saturated heterocycles. The Kier molecular flexibility index (Phi) is 5.96. The number of likely N-dealkylation sites (tertiary alicyclic amines) is 1. The summed E-state index contributed by atoms with van der Waals surface area (Å²) >= 11 is 0. The van der Waals surface area contributed by atoms with Gasteiger partial charge < -0.3 is 14.4 Å². The number of ether oxygens (including phenoxy) is 2. The van der Waals surface area contributed by atoms with Crippen molar-refractivity contribution in [3.63, 3.8) is 0 Å². The van der Waals surface area contributed by atoms with E-state index in [0.29, 0.717) is 0 Å². The molecular weight excluding hydrogens is 298 g/mol. The monoisotopic (exact) mass is 331 g/mol. The fraction of sp³-hybridized carbons (Fsp3) is 0.714. The Hall–Kier alpha value is -0.900. The molecule has 2 aliphatic rings.